The molecule has 1 aromatic heterocycles. The highest BCUT2D eigenvalue weighted by molar-refractivity contribution is 7.07. The lowest BCUT2D eigenvalue weighted by atomic mass is 9.79. The molecule has 138 valence electrons. The molecule has 0 N–H and O–H groups in total. The van der Waals surface area contributed by atoms with E-state index in [1.807, 2.05) is 16.3 Å². The van der Waals surface area contributed by atoms with Gasteiger partial charge in [-0.25, -0.2) is 4.98 Å². The molecule has 0 bridgehead atoms. The van der Waals surface area contributed by atoms with E-state index in [2.05, 4.69) is 28.1 Å². The summed E-state index contributed by atoms with van der Waals surface area (Å²) in [5.74, 6) is 1.00. The fourth-order valence-corrected chi connectivity index (χ4v) is 4.92. The van der Waals surface area contributed by atoms with Gasteiger partial charge in [-0.05, 0) is 43.5 Å². The van der Waals surface area contributed by atoms with Crippen molar-refractivity contribution in [3.05, 3.63) is 46.4 Å². The van der Waals surface area contributed by atoms with Crippen LogP contribution in [-0.2, 0) is 6.54 Å². The van der Waals surface area contributed by atoms with Crippen LogP contribution in [0.4, 0.5) is 0 Å². The van der Waals surface area contributed by atoms with Gasteiger partial charge >= 0.3 is 0 Å². The first-order valence-corrected chi connectivity index (χ1v) is 10.1. The summed E-state index contributed by atoms with van der Waals surface area (Å²) in [7, 11) is 1.71. The van der Waals surface area contributed by atoms with E-state index in [0.717, 1.165) is 44.9 Å². The summed E-state index contributed by atoms with van der Waals surface area (Å²) < 4.78 is 5.35. The Kier molecular flexibility index (Phi) is 4.96. The molecule has 6 heteroatoms. The minimum atomic E-state index is 0.0908. The van der Waals surface area contributed by atoms with Crippen molar-refractivity contribution in [2.45, 2.75) is 25.8 Å². The summed E-state index contributed by atoms with van der Waals surface area (Å²) in [4.78, 5) is 21.3. The maximum Gasteiger partial charge on any atom is 0.273 e. The molecule has 1 unspecified atom stereocenters. The first-order valence-electron chi connectivity index (χ1n) is 9.20. The monoisotopic (exact) mass is 371 g/mol. The van der Waals surface area contributed by atoms with Crippen LogP contribution in [0.5, 0.6) is 5.75 Å². The van der Waals surface area contributed by atoms with Crippen molar-refractivity contribution in [1.29, 1.82) is 0 Å². The van der Waals surface area contributed by atoms with Gasteiger partial charge in [-0.3, -0.25) is 9.69 Å². The van der Waals surface area contributed by atoms with Gasteiger partial charge in [0.15, 0.2) is 0 Å². The molecule has 2 aliphatic rings. The second-order valence-corrected chi connectivity index (χ2v) is 8.23. The Bertz CT molecular complexity index is 764. The molecule has 1 amide bonds. The molecule has 0 radical (unpaired) electrons. The topological polar surface area (TPSA) is 45.7 Å². The van der Waals surface area contributed by atoms with Crippen molar-refractivity contribution in [3.63, 3.8) is 0 Å². The number of benzene rings is 1. The summed E-state index contributed by atoms with van der Waals surface area (Å²) >= 11 is 1.48. The molecule has 3 heterocycles. The highest BCUT2D eigenvalue weighted by Gasteiger charge is 2.43. The molecule has 1 aromatic carbocycles. The molecule has 2 saturated heterocycles. The van der Waals surface area contributed by atoms with Crippen molar-refractivity contribution in [2.24, 2.45) is 5.41 Å². The van der Waals surface area contributed by atoms with E-state index in [1.54, 1.807) is 12.6 Å². The van der Waals surface area contributed by atoms with Gasteiger partial charge in [0.1, 0.15) is 11.4 Å². The van der Waals surface area contributed by atoms with E-state index >= 15 is 0 Å². The molecule has 1 atom stereocenters. The number of ether oxygens (including phenoxy) is 1. The van der Waals surface area contributed by atoms with Crippen LogP contribution in [0.2, 0.25) is 0 Å². The Balaban J connectivity index is 1.41. The quantitative estimate of drug-likeness (QED) is 0.827. The third-order valence-electron chi connectivity index (χ3n) is 5.66. The second kappa shape index (κ2) is 7.37. The molecule has 0 saturated carbocycles. The van der Waals surface area contributed by atoms with E-state index in [9.17, 15) is 4.79 Å². The van der Waals surface area contributed by atoms with E-state index in [0.29, 0.717) is 5.69 Å². The lowest BCUT2D eigenvalue weighted by Crippen LogP contribution is -2.45. The van der Waals surface area contributed by atoms with Gasteiger partial charge in [0.2, 0.25) is 0 Å². The predicted octanol–water partition coefficient (Wildman–Crippen LogP) is 3.28. The first-order chi connectivity index (χ1) is 12.7. The molecular formula is C20H25N3O2S. The van der Waals surface area contributed by atoms with E-state index in [4.69, 9.17) is 4.74 Å². The summed E-state index contributed by atoms with van der Waals surface area (Å²) in [6, 6.07) is 8.32. The molecule has 1 spiro atoms. The Hall–Kier alpha value is -1.92. The Morgan fingerprint density at radius 1 is 1.31 bits per heavy atom. The number of thiazole rings is 1. The van der Waals surface area contributed by atoms with E-state index in [-0.39, 0.29) is 11.3 Å². The number of methoxy groups -OCH3 is 1. The summed E-state index contributed by atoms with van der Waals surface area (Å²) in [6.45, 7) is 4.84. The zero-order valence-corrected chi connectivity index (χ0v) is 16.0. The number of piperidine rings is 1. The van der Waals surface area contributed by atoms with E-state index < -0.39 is 0 Å². The van der Waals surface area contributed by atoms with Gasteiger partial charge < -0.3 is 9.64 Å². The van der Waals surface area contributed by atoms with Crippen molar-refractivity contribution >= 4 is 17.2 Å². The van der Waals surface area contributed by atoms with Crippen molar-refractivity contribution in [2.75, 3.05) is 33.3 Å². The molecule has 5 nitrogen and oxygen atoms in total. The molecule has 2 aliphatic heterocycles. The average Bonchev–Trinajstić information content (AvgIpc) is 3.32. The molecule has 26 heavy (non-hydrogen) atoms. The zero-order chi connectivity index (χ0) is 18.0. The standard InChI is InChI=1S/C20H25N3O2S/c1-25-17-5-2-4-16(10-17)11-22-8-3-6-20(13-22)7-9-23(14-20)19(24)18-12-26-15-21-18/h2,4-5,10,12,15H,3,6-9,11,13-14H2,1H3. The SMILES string of the molecule is COc1cccc(CN2CCCC3(CCN(C(=O)c4cscn4)C3)C2)c1. The highest BCUT2D eigenvalue weighted by Crippen LogP contribution is 2.39. The Labute approximate surface area is 158 Å². The highest BCUT2D eigenvalue weighted by atomic mass is 32.1. The van der Waals surface area contributed by atoms with E-state index in [1.165, 1.54) is 29.7 Å². The average molecular weight is 372 g/mol. The lowest BCUT2D eigenvalue weighted by Gasteiger charge is -2.40. The smallest absolute Gasteiger partial charge is 0.273 e. The van der Waals surface area contributed by atoms with Gasteiger partial charge in [-0.1, -0.05) is 12.1 Å². The van der Waals surface area contributed by atoms with Crippen LogP contribution in [0, 0.1) is 5.41 Å². The maximum absolute atomic E-state index is 12.6. The predicted molar refractivity (Wildman–Crippen MR) is 103 cm³/mol. The Morgan fingerprint density at radius 3 is 3.04 bits per heavy atom. The molecular weight excluding hydrogens is 346 g/mol. The summed E-state index contributed by atoms with van der Waals surface area (Å²) in [6.07, 6.45) is 3.50. The fourth-order valence-electron chi connectivity index (χ4n) is 4.40. The van der Waals surface area contributed by atoms with Crippen LogP contribution in [-0.4, -0.2) is 54.0 Å². The fraction of sp³-hybridized carbons (Fsp3) is 0.500. The van der Waals surface area contributed by atoms with Crippen LogP contribution in [0.25, 0.3) is 0 Å². The number of carbonyl (C=O) groups is 1. The maximum atomic E-state index is 12.6. The third-order valence-corrected chi connectivity index (χ3v) is 6.24. The van der Waals surface area contributed by atoms with Gasteiger partial charge in [-0.2, -0.15) is 0 Å². The number of nitrogens with zero attached hydrogens (tertiary/aromatic N) is 3. The summed E-state index contributed by atoms with van der Waals surface area (Å²) in [5, 5.41) is 1.85. The number of amides is 1. The second-order valence-electron chi connectivity index (χ2n) is 7.52. The molecule has 2 fully saturated rings. The van der Waals surface area contributed by atoms with Gasteiger partial charge in [0.25, 0.3) is 5.91 Å². The zero-order valence-electron chi connectivity index (χ0n) is 15.2. The minimum absolute atomic E-state index is 0.0908. The van der Waals surface area contributed by atoms with Crippen LogP contribution in [0.15, 0.2) is 35.2 Å². The van der Waals surface area contributed by atoms with Gasteiger partial charge in [0, 0.05) is 37.0 Å². The number of rotatable bonds is 4. The lowest BCUT2D eigenvalue weighted by molar-refractivity contribution is 0.0671. The number of aromatic nitrogens is 1. The molecule has 4 rings (SSSR count). The van der Waals surface area contributed by atoms with Crippen molar-refractivity contribution < 1.29 is 9.53 Å². The van der Waals surface area contributed by atoms with Gasteiger partial charge in [0.05, 0.1) is 12.6 Å². The van der Waals surface area contributed by atoms with Crippen LogP contribution in [0.3, 0.4) is 0 Å². The van der Waals surface area contributed by atoms with Crippen molar-refractivity contribution in [1.82, 2.24) is 14.8 Å². The number of hydrogen-bond donors (Lipinski definition) is 0. The first kappa shape index (κ1) is 17.5. The number of likely N-dealkylation sites (tertiary alicyclic amines) is 2. The summed E-state index contributed by atoms with van der Waals surface area (Å²) in [5.41, 5.74) is 3.85. The molecule has 2 aromatic rings. The largest absolute Gasteiger partial charge is 0.497 e. The van der Waals surface area contributed by atoms with Crippen LogP contribution >= 0.6 is 11.3 Å². The van der Waals surface area contributed by atoms with Crippen LogP contribution in [0.1, 0.15) is 35.3 Å². The third kappa shape index (κ3) is 3.62. The number of hydrogen-bond acceptors (Lipinski definition) is 5. The van der Waals surface area contributed by atoms with Crippen molar-refractivity contribution in [3.8, 4) is 5.75 Å². The van der Waals surface area contributed by atoms with Crippen LogP contribution < -0.4 is 4.74 Å². The number of carbonyl (C=O) groups excluding carboxylic acids is 1. The normalized spacial score (nSPS) is 23.5. The van der Waals surface area contributed by atoms with Gasteiger partial charge in [-0.15, -0.1) is 11.3 Å². The Morgan fingerprint density at radius 2 is 2.23 bits per heavy atom. The molecule has 0 aliphatic carbocycles. The minimum Gasteiger partial charge on any atom is -0.497 e.